The lowest BCUT2D eigenvalue weighted by molar-refractivity contribution is -0.115. The van der Waals surface area contributed by atoms with E-state index in [-0.39, 0.29) is 18.2 Å². The van der Waals surface area contributed by atoms with Crippen LogP contribution in [0.15, 0.2) is 24.3 Å². The molecular weight excluding hydrogens is 357 g/mol. The van der Waals surface area contributed by atoms with E-state index in [1.807, 2.05) is 19.1 Å². The molecule has 23 heavy (non-hydrogen) atoms. The number of hydrogen-bond donors (Lipinski definition) is 1. The topological polar surface area (TPSA) is 55.4 Å². The maximum Gasteiger partial charge on any atom is 0.341 e. The molecule has 4 nitrogen and oxygen atoms in total. The minimum atomic E-state index is -0.509. The number of carbonyl (C=O) groups excluding carboxylic acids is 2. The van der Waals surface area contributed by atoms with Crippen LogP contribution in [0.1, 0.15) is 21.7 Å². The molecule has 2 aromatic rings. The summed E-state index contributed by atoms with van der Waals surface area (Å²) < 4.78 is 4.88. The van der Waals surface area contributed by atoms with Crippen molar-refractivity contribution in [1.82, 2.24) is 0 Å². The largest absolute Gasteiger partial charge is 0.465 e. The van der Waals surface area contributed by atoms with Crippen LogP contribution in [0.5, 0.6) is 0 Å². The lowest BCUT2D eigenvalue weighted by Gasteiger charge is -2.08. The number of hydrogen-bond acceptors (Lipinski definition) is 4. The first-order valence-corrected chi connectivity index (χ1v) is 8.54. The predicted molar refractivity (Wildman–Crippen MR) is 94.8 cm³/mol. The monoisotopic (exact) mass is 371 g/mol. The van der Waals surface area contributed by atoms with Crippen LogP contribution >= 0.6 is 34.5 Å². The van der Waals surface area contributed by atoms with Gasteiger partial charge in [0.05, 0.1) is 7.11 Å². The van der Waals surface area contributed by atoms with E-state index in [9.17, 15) is 9.59 Å². The Hall–Kier alpha value is -1.56. The number of methoxy groups -OCH3 is 1. The number of nitrogens with one attached hydrogen (secondary N) is 1. The van der Waals surface area contributed by atoms with Gasteiger partial charge in [0, 0.05) is 27.8 Å². The number of esters is 1. The predicted octanol–water partition coefficient (Wildman–Crippen LogP) is 4.73. The summed E-state index contributed by atoms with van der Waals surface area (Å²) >= 11 is 12.9. The molecule has 2 rings (SSSR count). The highest BCUT2D eigenvalue weighted by Gasteiger charge is 2.25. The quantitative estimate of drug-likeness (QED) is 0.610. The summed E-state index contributed by atoms with van der Waals surface area (Å²) in [6, 6.07) is 7.19. The van der Waals surface area contributed by atoms with Crippen LogP contribution in [-0.2, 0) is 9.53 Å². The molecular formula is C16H15Cl2NO3S. The van der Waals surface area contributed by atoms with E-state index in [0.29, 0.717) is 21.2 Å². The number of aryl methyl sites for hydroxylation is 1. The van der Waals surface area contributed by atoms with E-state index in [4.69, 9.17) is 27.9 Å². The maximum atomic E-state index is 12.2. The fourth-order valence-corrected chi connectivity index (χ4v) is 3.64. The lowest BCUT2D eigenvalue weighted by atomic mass is 10.0. The molecule has 0 fully saturated rings. The SMILES string of the molecule is COC(=O)c1c(NC(=O)CCCl)sc(C)c1-c1cccc(Cl)c1. The smallest absolute Gasteiger partial charge is 0.341 e. The fourth-order valence-electron chi connectivity index (χ4n) is 2.20. The van der Waals surface area contributed by atoms with Crippen LogP contribution in [0, 0.1) is 6.92 Å². The standard InChI is InChI=1S/C16H15Cl2NO3S/c1-9-13(10-4-3-5-11(18)8-10)14(16(21)22-2)15(23-9)19-12(20)6-7-17/h3-5,8H,6-7H2,1-2H3,(H,19,20). The van der Waals surface area contributed by atoms with Gasteiger partial charge in [0.1, 0.15) is 10.6 Å². The van der Waals surface area contributed by atoms with Gasteiger partial charge in [-0.05, 0) is 24.6 Å². The van der Waals surface area contributed by atoms with Crippen molar-refractivity contribution in [3.63, 3.8) is 0 Å². The van der Waals surface area contributed by atoms with Crippen molar-refractivity contribution >= 4 is 51.4 Å². The number of amides is 1. The van der Waals surface area contributed by atoms with E-state index in [0.717, 1.165) is 10.4 Å². The molecule has 0 spiro atoms. The Morgan fingerprint density at radius 3 is 2.70 bits per heavy atom. The molecule has 0 aliphatic heterocycles. The Kier molecular flexibility index (Phi) is 6.04. The summed E-state index contributed by atoms with van der Waals surface area (Å²) in [5.74, 6) is -0.542. The van der Waals surface area contributed by atoms with Gasteiger partial charge in [-0.25, -0.2) is 4.79 Å². The zero-order valence-electron chi connectivity index (χ0n) is 12.6. The highest BCUT2D eigenvalue weighted by molar-refractivity contribution is 7.17. The second kappa shape index (κ2) is 7.81. The van der Waals surface area contributed by atoms with Gasteiger partial charge in [0.15, 0.2) is 0 Å². The van der Waals surface area contributed by atoms with Crippen molar-refractivity contribution in [2.75, 3.05) is 18.3 Å². The number of halogens is 2. The highest BCUT2D eigenvalue weighted by atomic mass is 35.5. The number of anilines is 1. The second-order valence-corrected chi connectivity index (χ2v) is 6.77. The van der Waals surface area contributed by atoms with Crippen molar-refractivity contribution in [1.29, 1.82) is 0 Å². The van der Waals surface area contributed by atoms with E-state index >= 15 is 0 Å². The van der Waals surface area contributed by atoms with Gasteiger partial charge in [0.25, 0.3) is 0 Å². The number of alkyl halides is 1. The maximum absolute atomic E-state index is 12.2. The zero-order valence-corrected chi connectivity index (χ0v) is 14.9. The van der Waals surface area contributed by atoms with Crippen molar-refractivity contribution in [3.05, 3.63) is 39.7 Å². The van der Waals surface area contributed by atoms with Crippen LogP contribution in [-0.4, -0.2) is 24.9 Å². The van der Waals surface area contributed by atoms with Crippen LogP contribution in [0.4, 0.5) is 5.00 Å². The Labute approximate surface area is 148 Å². The molecule has 122 valence electrons. The summed E-state index contributed by atoms with van der Waals surface area (Å²) in [5, 5.41) is 3.76. The molecule has 0 unspecified atom stereocenters. The van der Waals surface area contributed by atoms with Gasteiger partial charge in [-0.2, -0.15) is 0 Å². The summed E-state index contributed by atoms with van der Waals surface area (Å²) in [6.45, 7) is 1.88. The average molecular weight is 372 g/mol. The number of thiophene rings is 1. The van der Waals surface area contributed by atoms with E-state index in [1.54, 1.807) is 12.1 Å². The summed E-state index contributed by atoms with van der Waals surface area (Å²) in [7, 11) is 1.31. The first-order chi connectivity index (χ1) is 11.0. The lowest BCUT2D eigenvalue weighted by Crippen LogP contribution is -2.14. The Bertz CT molecular complexity index is 743. The molecule has 0 aliphatic carbocycles. The Morgan fingerprint density at radius 1 is 1.35 bits per heavy atom. The van der Waals surface area contributed by atoms with Crippen molar-refractivity contribution in [2.45, 2.75) is 13.3 Å². The number of ether oxygens (including phenoxy) is 1. The number of rotatable bonds is 5. The van der Waals surface area contributed by atoms with Crippen molar-refractivity contribution in [3.8, 4) is 11.1 Å². The van der Waals surface area contributed by atoms with Gasteiger partial charge in [-0.15, -0.1) is 22.9 Å². The first kappa shape index (κ1) is 17.8. The minimum absolute atomic E-state index is 0.172. The number of benzene rings is 1. The third kappa shape index (κ3) is 4.05. The van der Waals surface area contributed by atoms with Gasteiger partial charge in [0.2, 0.25) is 5.91 Å². The van der Waals surface area contributed by atoms with Crippen LogP contribution in [0.25, 0.3) is 11.1 Å². The van der Waals surface area contributed by atoms with Crippen LogP contribution in [0.2, 0.25) is 5.02 Å². The molecule has 0 radical (unpaired) electrons. The summed E-state index contributed by atoms with van der Waals surface area (Å²) in [5.41, 5.74) is 1.84. The third-order valence-corrected chi connectivity index (χ3v) is 4.61. The Balaban J connectivity index is 2.56. The molecule has 0 aliphatic rings. The van der Waals surface area contributed by atoms with Gasteiger partial charge < -0.3 is 10.1 Å². The second-order valence-electron chi connectivity index (χ2n) is 4.73. The van der Waals surface area contributed by atoms with Gasteiger partial charge >= 0.3 is 5.97 Å². The number of carbonyl (C=O) groups is 2. The average Bonchev–Trinajstić information content (AvgIpc) is 2.82. The molecule has 0 saturated heterocycles. The molecule has 7 heteroatoms. The van der Waals surface area contributed by atoms with E-state index in [2.05, 4.69) is 5.32 Å². The molecule has 1 aromatic heterocycles. The molecule has 0 atom stereocenters. The molecule has 1 aromatic carbocycles. The molecule has 1 heterocycles. The highest BCUT2D eigenvalue weighted by Crippen LogP contribution is 2.40. The molecule has 1 N–H and O–H groups in total. The first-order valence-electron chi connectivity index (χ1n) is 6.81. The van der Waals surface area contributed by atoms with E-state index in [1.165, 1.54) is 18.4 Å². The fraction of sp³-hybridized carbons (Fsp3) is 0.250. The molecule has 0 saturated carbocycles. The Morgan fingerprint density at radius 2 is 2.09 bits per heavy atom. The third-order valence-electron chi connectivity index (χ3n) is 3.16. The van der Waals surface area contributed by atoms with Crippen LogP contribution < -0.4 is 5.32 Å². The minimum Gasteiger partial charge on any atom is -0.465 e. The van der Waals surface area contributed by atoms with Crippen LogP contribution in [0.3, 0.4) is 0 Å². The van der Waals surface area contributed by atoms with Gasteiger partial charge in [-0.1, -0.05) is 23.7 Å². The molecule has 0 bridgehead atoms. The summed E-state index contributed by atoms with van der Waals surface area (Å²) in [6.07, 6.45) is 0.172. The van der Waals surface area contributed by atoms with Gasteiger partial charge in [-0.3, -0.25) is 4.79 Å². The summed E-state index contributed by atoms with van der Waals surface area (Å²) in [4.78, 5) is 24.9. The zero-order chi connectivity index (χ0) is 17.0. The molecule has 1 amide bonds. The normalized spacial score (nSPS) is 10.4. The van der Waals surface area contributed by atoms with Crippen molar-refractivity contribution < 1.29 is 14.3 Å². The van der Waals surface area contributed by atoms with E-state index < -0.39 is 5.97 Å². The van der Waals surface area contributed by atoms with Crippen molar-refractivity contribution in [2.24, 2.45) is 0 Å².